The summed E-state index contributed by atoms with van der Waals surface area (Å²) in [4.78, 5) is 27.5. The molecule has 0 N–H and O–H groups in total. The number of carbonyl (C=O) groups is 1. The number of amides is 1. The molecule has 6 heteroatoms. The van der Waals surface area contributed by atoms with E-state index in [2.05, 4.69) is 21.8 Å². The number of aryl methyl sites for hydroxylation is 2. The normalized spacial score (nSPS) is 11.1. The molecule has 0 saturated heterocycles. The monoisotopic (exact) mass is 414 g/mol. The van der Waals surface area contributed by atoms with Crippen molar-refractivity contribution in [3.63, 3.8) is 0 Å². The average molecular weight is 415 g/mol. The minimum atomic E-state index is -0.230. The van der Waals surface area contributed by atoms with E-state index in [4.69, 9.17) is 0 Å². The Morgan fingerprint density at radius 1 is 0.935 bits per heavy atom. The van der Waals surface area contributed by atoms with E-state index < -0.39 is 0 Å². The second kappa shape index (κ2) is 8.60. The van der Waals surface area contributed by atoms with E-state index in [1.165, 1.54) is 10.2 Å². The highest BCUT2D eigenvalue weighted by atomic mass is 16.2. The molecule has 0 atom stereocenters. The highest BCUT2D eigenvalue weighted by molar-refractivity contribution is 5.87. The molecule has 31 heavy (non-hydrogen) atoms. The van der Waals surface area contributed by atoms with Gasteiger partial charge in [0.15, 0.2) is 0 Å². The van der Waals surface area contributed by atoms with Gasteiger partial charge < -0.3 is 9.47 Å². The molecule has 158 valence electrons. The van der Waals surface area contributed by atoms with Gasteiger partial charge in [0, 0.05) is 36.9 Å². The van der Waals surface area contributed by atoms with E-state index in [0.29, 0.717) is 18.5 Å². The van der Waals surface area contributed by atoms with Gasteiger partial charge in [0.1, 0.15) is 6.54 Å². The molecule has 0 spiro atoms. The first-order valence-electron chi connectivity index (χ1n) is 10.3. The second-order valence-corrected chi connectivity index (χ2v) is 7.87. The third-order valence-electron chi connectivity index (χ3n) is 5.76. The van der Waals surface area contributed by atoms with E-state index in [0.717, 1.165) is 22.3 Å². The predicted octanol–water partition coefficient (Wildman–Crippen LogP) is 3.52. The Hall–Kier alpha value is -3.67. The number of carbonyl (C=O) groups excluding carboxylic acids is 1. The minimum absolute atomic E-state index is 0.0829. The van der Waals surface area contributed by atoms with Crippen LogP contribution in [0.3, 0.4) is 0 Å². The van der Waals surface area contributed by atoms with Crippen LogP contribution in [-0.4, -0.2) is 32.2 Å². The lowest BCUT2D eigenvalue weighted by Crippen LogP contribution is -2.34. The largest absolute Gasteiger partial charge is 0.343 e. The molecule has 6 nitrogen and oxygen atoms in total. The maximum Gasteiger partial charge on any atom is 0.276 e. The standard InChI is InChI=1S/C25H26N4O2/c1-18-22-14-26-29(17-23(30)27(3)15-20-10-6-4-7-11-20)25(31)24(22)19(2)28(18)16-21-12-8-5-9-13-21/h4-14H,15-17H2,1-3H3. The SMILES string of the molecule is Cc1c2cnn(CC(=O)N(C)Cc3ccccc3)c(=O)c2c(C)n1Cc1ccccc1. The summed E-state index contributed by atoms with van der Waals surface area (Å²) < 4.78 is 3.40. The van der Waals surface area contributed by atoms with Gasteiger partial charge in [0.05, 0.1) is 11.6 Å². The van der Waals surface area contributed by atoms with E-state index in [1.54, 1.807) is 18.1 Å². The van der Waals surface area contributed by atoms with Crippen molar-refractivity contribution in [3.8, 4) is 0 Å². The quantitative estimate of drug-likeness (QED) is 0.485. The Kier molecular flexibility index (Phi) is 5.71. The molecule has 0 fully saturated rings. The lowest BCUT2D eigenvalue weighted by atomic mass is 10.2. The average Bonchev–Trinajstić information content (AvgIpc) is 3.02. The van der Waals surface area contributed by atoms with Gasteiger partial charge in [0.25, 0.3) is 5.56 Å². The van der Waals surface area contributed by atoms with Crippen molar-refractivity contribution in [1.29, 1.82) is 0 Å². The van der Waals surface area contributed by atoms with Crippen LogP contribution < -0.4 is 5.56 Å². The lowest BCUT2D eigenvalue weighted by Gasteiger charge is -2.17. The third-order valence-corrected chi connectivity index (χ3v) is 5.76. The van der Waals surface area contributed by atoms with Gasteiger partial charge in [0.2, 0.25) is 5.91 Å². The van der Waals surface area contributed by atoms with Crippen LogP contribution in [0, 0.1) is 13.8 Å². The van der Waals surface area contributed by atoms with Crippen molar-refractivity contribution in [2.75, 3.05) is 7.05 Å². The first-order chi connectivity index (χ1) is 15.0. The summed E-state index contributed by atoms with van der Waals surface area (Å²) >= 11 is 0. The van der Waals surface area contributed by atoms with Crippen LogP contribution in [-0.2, 0) is 24.4 Å². The molecule has 2 aromatic carbocycles. The number of benzene rings is 2. The molecule has 0 bridgehead atoms. The van der Waals surface area contributed by atoms with Crippen LogP contribution in [0.5, 0.6) is 0 Å². The molecule has 2 heterocycles. The van der Waals surface area contributed by atoms with Gasteiger partial charge in [-0.15, -0.1) is 0 Å². The highest BCUT2D eigenvalue weighted by Gasteiger charge is 2.18. The Morgan fingerprint density at radius 2 is 1.55 bits per heavy atom. The zero-order chi connectivity index (χ0) is 22.0. The maximum absolute atomic E-state index is 13.2. The van der Waals surface area contributed by atoms with Crippen molar-refractivity contribution in [2.24, 2.45) is 0 Å². The smallest absolute Gasteiger partial charge is 0.276 e. The topological polar surface area (TPSA) is 60.1 Å². The third kappa shape index (κ3) is 4.14. The number of fused-ring (bicyclic) bond motifs is 1. The number of aromatic nitrogens is 3. The summed E-state index contributed by atoms with van der Waals surface area (Å²) in [5.41, 5.74) is 3.87. The summed E-state index contributed by atoms with van der Waals surface area (Å²) in [7, 11) is 1.74. The molecule has 0 aliphatic heterocycles. The van der Waals surface area contributed by atoms with E-state index in [1.807, 2.05) is 62.4 Å². The molecule has 2 aromatic heterocycles. The first kappa shape index (κ1) is 20.6. The molecule has 0 saturated carbocycles. The second-order valence-electron chi connectivity index (χ2n) is 7.87. The molecule has 4 rings (SSSR count). The molecule has 0 unspecified atom stereocenters. The van der Waals surface area contributed by atoms with Gasteiger partial charge in [-0.2, -0.15) is 5.10 Å². The number of hydrogen-bond acceptors (Lipinski definition) is 3. The number of rotatable bonds is 6. The fourth-order valence-electron chi connectivity index (χ4n) is 3.95. The summed E-state index contributed by atoms with van der Waals surface area (Å²) in [5.74, 6) is -0.157. The fraction of sp³-hybridized carbons (Fsp3) is 0.240. The summed E-state index contributed by atoms with van der Waals surface area (Å²) in [5, 5.41) is 5.76. The van der Waals surface area contributed by atoms with E-state index in [-0.39, 0.29) is 18.0 Å². The van der Waals surface area contributed by atoms with Gasteiger partial charge in [-0.1, -0.05) is 60.7 Å². The van der Waals surface area contributed by atoms with Crippen LogP contribution in [0.1, 0.15) is 22.5 Å². The zero-order valence-corrected chi connectivity index (χ0v) is 18.1. The van der Waals surface area contributed by atoms with Gasteiger partial charge in [-0.05, 0) is 25.0 Å². The Morgan fingerprint density at radius 3 is 2.19 bits per heavy atom. The molecular formula is C25H26N4O2. The van der Waals surface area contributed by atoms with Gasteiger partial charge >= 0.3 is 0 Å². The fourth-order valence-corrected chi connectivity index (χ4v) is 3.95. The van der Waals surface area contributed by atoms with Gasteiger partial charge in [-0.25, -0.2) is 4.68 Å². The van der Waals surface area contributed by atoms with Crippen LogP contribution >= 0.6 is 0 Å². The summed E-state index contributed by atoms with van der Waals surface area (Å²) in [6.07, 6.45) is 1.70. The molecular weight excluding hydrogens is 388 g/mol. The lowest BCUT2D eigenvalue weighted by molar-refractivity contribution is -0.131. The molecule has 0 radical (unpaired) electrons. The van der Waals surface area contributed by atoms with Crippen molar-refractivity contribution in [2.45, 2.75) is 33.5 Å². The maximum atomic E-state index is 13.2. The zero-order valence-electron chi connectivity index (χ0n) is 18.1. The molecule has 4 aromatic rings. The number of likely N-dealkylation sites (N-methyl/N-ethyl adjacent to an activating group) is 1. The Bertz CT molecular complexity index is 1270. The predicted molar refractivity (Wildman–Crippen MR) is 122 cm³/mol. The van der Waals surface area contributed by atoms with E-state index in [9.17, 15) is 9.59 Å². The summed E-state index contributed by atoms with van der Waals surface area (Å²) in [6, 6.07) is 19.9. The molecule has 0 aliphatic carbocycles. The Labute approximate surface area is 181 Å². The van der Waals surface area contributed by atoms with Crippen LogP contribution in [0.2, 0.25) is 0 Å². The van der Waals surface area contributed by atoms with Gasteiger partial charge in [-0.3, -0.25) is 9.59 Å². The van der Waals surface area contributed by atoms with Crippen molar-refractivity contribution >= 4 is 16.7 Å². The van der Waals surface area contributed by atoms with Crippen molar-refractivity contribution in [1.82, 2.24) is 19.2 Å². The minimum Gasteiger partial charge on any atom is -0.343 e. The van der Waals surface area contributed by atoms with E-state index >= 15 is 0 Å². The van der Waals surface area contributed by atoms with Crippen LogP contribution in [0.15, 0.2) is 71.7 Å². The molecule has 1 amide bonds. The van der Waals surface area contributed by atoms with Crippen molar-refractivity contribution < 1.29 is 4.79 Å². The number of hydrogen-bond donors (Lipinski definition) is 0. The van der Waals surface area contributed by atoms with Crippen molar-refractivity contribution in [3.05, 3.63) is 99.7 Å². The first-order valence-corrected chi connectivity index (χ1v) is 10.3. The highest BCUT2D eigenvalue weighted by Crippen LogP contribution is 2.23. The summed E-state index contributed by atoms with van der Waals surface area (Å²) in [6.45, 7) is 5.05. The number of nitrogens with zero attached hydrogens (tertiary/aromatic N) is 4. The Balaban J connectivity index is 1.61. The van der Waals surface area contributed by atoms with Crippen LogP contribution in [0.4, 0.5) is 0 Å². The van der Waals surface area contributed by atoms with Crippen LogP contribution in [0.25, 0.3) is 10.8 Å². The molecule has 0 aliphatic rings.